The number of rotatable bonds is 12. The van der Waals surface area contributed by atoms with Crippen molar-refractivity contribution in [3.05, 3.63) is 139 Å². The van der Waals surface area contributed by atoms with Gasteiger partial charge in [-0.2, -0.15) is 9.97 Å². The van der Waals surface area contributed by atoms with E-state index >= 15 is 0 Å². The van der Waals surface area contributed by atoms with Crippen LogP contribution in [0.3, 0.4) is 0 Å². The Morgan fingerprint density at radius 3 is 1.78 bits per heavy atom. The van der Waals surface area contributed by atoms with Crippen LogP contribution in [0, 0.1) is 20.8 Å². The first kappa shape index (κ1) is 35.2. The molecule has 2 heterocycles. The molecule has 6 aromatic rings. The van der Waals surface area contributed by atoms with Crippen LogP contribution in [0.15, 0.2) is 95.8 Å². The summed E-state index contributed by atoms with van der Waals surface area (Å²) in [5, 5.41) is 5.39. The Morgan fingerprint density at radius 2 is 1.22 bits per heavy atom. The van der Waals surface area contributed by atoms with Gasteiger partial charge >= 0.3 is 5.69 Å². The summed E-state index contributed by atoms with van der Waals surface area (Å²) >= 11 is 19.0. The van der Waals surface area contributed by atoms with E-state index in [9.17, 15) is 4.79 Å². The van der Waals surface area contributed by atoms with E-state index in [0.717, 1.165) is 37.4 Å². The van der Waals surface area contributed by atoms with Gasteiger partial charge in [0.25, 0.3) is 0 Å². The Bertz CT molecular complexity index is 2080. The number of benzene rings is 4. The molecule has 10 heteroatoms. The van der Waals surface area contributed by atoms with Gasteiger partial charge in [0.2, 0.25) is 5.95 Å². The van der Waals surface area contributed by atoms with Crippen LogP contribution < -0.4 is 27.3 Å². The zero-order valence-electron chi connectivity index (χ0n) is 28.0. The van der Waals surface area contributed by atoms with Crippen LogP contribution in [0.1, 0.15) is 47.9 Å². The molecular formula is C39H40Cl3N5OP+. The monoisotopic (exact) mass is 730 g/mol. The first-order valence-corrected chi connectivity index (χ1v) is 19.6. The highest BCUT2D eigenvalue weighted by Crippen LogP contribution is 2.58. The highest BCUT2D eigenvalue weighted by atomic mass is 35.5. The van der Waals surface area contributed by atoms with Crippen molar-refractivity contribution in [2.45, 2.75) is 59.5 Å². The lowest BCUT2D eigenvalue weighted by Gasteiger charge is -2.31. The van der Waals surface area contributed by atoms with Gasteiger partial charge in [-0.25, -0.2) is 4.79 Å². The molecule has 6 nitrogen and oxygen atoms in total. The van der Waals surface area contributed by atoms with E-state index in [2.05, 4.69) is 104 Å². The van der Waals surface area contributed by atoms with Crippen LogP contribution in [0.4, 0.5) is 5.95 Å². The summed E-state index contributed by atoms with van der Waals surface area (Å²) in [6.07, 6.45) is 4.90. The van der Waals surface area contributed by atoms with Gasteiger partial charge in [-0.15, -0.1) is 0 Å². The second kappa shape index (κ2) is 15.1. The molecule has 0 amide bonds. The molecule has 0 radical (unpaired) electrons. The summed E-state index contributed by atoms with van der Waals surface area (Å²) in [7, 11) is -1.98. The largest absolute Gasteiger partial charge is 0.368 e. The molecule has 0 aliphatic rings. The Labute approximate surface area is 303 Å². The van der Waals surface area contributed by atoms with Crippen LogP contribution >= 0.6 is 42.1 Å². The molecule has 252 valence electrons. The quantitative estimate of drug-likeness (QED) is 0.0777. The van der Waals surface area contributed by atoms with Crippen molar-refractivity contribution < 1.29 is 0 Å². The molecule has 0 saturated carbocycles. The predicted molar refractivity (Wildman–Crippen MR) is 209 cm³/mol. The number of nitrogens with zero attached hydrogens (tertiary/aromatic N) is 4. The highest BCUT2D eigenvalue weighted by molar-refractivity contribution is 7.96. The smallest absolute Gasteiger partial charge is 0.330 e. The molecule has 0 aliphatic carbocycles. The molecule has 0 bridgehead atoms. The number of fused-ring (bicyclic) bond motifs is 1. The van der Waals surface area contributed by atoms with E-state index in [-0.39, 0.29) is 23.3 Å². The van der Waals surface area contributed by atoms with Gasteiger partial charge in [0, 0.05) is 6.54 Å². The Morgan fingerprint density at radius 1 is 0.673 bits per heavy atom. The molecule has 0 fully saturated rings. The molecule has 0 aliphatic heterocycles. The predicted octanol–water partition coefficient (Wildman–Crippen LogP) is 8.66. The third kappa shape index (κ3) is 7.03. The fourth-order valence-corrected chi connectivity index (χ4v) is 12.9. The van der Waals surface area contributed by atoms with Gasteiger partial charge in [-0.3, -0.25) is 9.13 Å². The van der Waals surface area contributed by atoms with Crippen LogP contribution in [0.5, 0.6) is 0 Å². The summed E-state index contributed by atoms with van der Waals surface area (Å²) in [5.74, 6) is 0.0142. The van der Waals surface area contributed by atoms with Crippen LogP contribution in [-0.2, 0) is 13.1 Å². The van der Waals surface area contributed by atoms with Gasteiger partial charge < -0.3 is 5.73 Å². The minimum atomic E-state index is -1.98. The molecule has 4 aromatic carbocycles. The summed E-state index contributed by atoms with van der Waals surface area (Å²) in [5.41, 5.74) is 11.5. The molecule has 2 aromatic heterocycles. The van der Waals surface area contributed by atoms with Crippen molar-refractivity contribution in [2.75, 3.05) is 11.9 Å². The molecule has 6 rings (SSSR count). The van der Waals surface area contributed by atoms with Gasteiger partial charge in [-0.05, 0) is 92.6 Å². The van der Waals surface area contributed by atoms with Gasteiger partial charge in [0.15, 0.2) is 10.8 Å². The SMILES string of the molecule is Cc1ccccc1[P+](CCCCCCn1c(=O)n(Cc2ccc(Cl)c(Cl)c2)c2nc(N)nc(Cl)c21)(c1ccccc1C)c1ccccc1C. The van der Waals surface area contributed by atoms with Crippen molar-refractivity contribution in [1.29, 1.82) is 0 Å². The van der Waals surface area contributed by atoms with Crippen molar-refractivity contribution in [3.63, 3.8) is 0 Å². The van der Waals surface area contributed by atoms with Crippen LogP contribution in [-0.4, -0.2) is 25.3 Å². The lowest BCUT2D eigenvalue weighted by atomic mass is 10.2. The third-order valence-corrected chi connectivity index (χ3v) is 15.3. The maximum atomic E-state index is 13.8. The van der Waals surface area contributed by atoms with Gasteiger partial charge in [0.05, 0.1) is 22.8 Å². The Kier molecular flexibility index (Phi) is 10.8. The van der Waals surface area contributed by atoms with E-state index in [1.807, 2.05) is 6.07 Å². The topological polar surface area (TPSA) is 78.7 Å². The number of nitrogens with two attached hydrogens (primary N) is 1. The molecule has 49 heavy (non-hydrogen) atoms. The van der Waals surface area contributed by atoms with Crippen molar-refractivity contribution in [1.82, 2.24) is 19.1 Å². The number of unbranched alkanes of at least 4 members (excludes halogenated alkanes) is 3. The normalized spacial score (nSPS) is 11.8. The van der Waals surface area contributed by atoms with E-state index < -0.39 is 7.26 Å². The van der Waals surface area contributed by atoms with E-state index in [1.165, 1.54) is 32.6 Å². The fraction of sp³-hybridized carbons (Fsp3) is 0.256. The average molecular weight is 732 g/mol. The summed E-state index contributed by atoms with van der Waals surface area (Å²) in [6.45, 7) is 7.48. The minimum Gasteiger partial charge on any atom is -0.368 e. The molecule has 0 spiro atoms. The maximum absolute atomic E-state index is 13.8. The lowest BCUT2D eigenvalue weighted by molar-refractivity contribution is 0.570. The fourth-order valence-electron chi connectivity index (χ4n) is 7.05. The van der Waals surface area contributed by atoms with E-state index in [0.29, 0.717) is 27.8 Å². The summed E-state index contributed by atoms with van der Waals surface area (Å²) < 4.78 is 3.25. The first-order valence-electron chi connectivity index (χ1n) is 16.5. The van der Waals surface area contributed by atoms with Crippen molar-refractivity contribution in [3.8, 4) is 0 Å². The number of anilines is 1. The van der Waals surface area contributed by atoms with Crippen LogP contribution in [0.2, 0.25) is 15.2 Å². The number of halogens is 3. The number of hydrogen-bond acceptors (Lipinski definition) is 4. The van der Waals surface area contributed by atoms with Crippen molar-refractivity contribution >= 4 is 75.1 Å². The highest BCUT2D eigenvalue weighted by Gasteiger charge is 2.47. The Hall–Kier alpha value is -3.67. The zero-order chi connectivity index (χ0) is 34.7. The molecule has 0 saturated heterocycles. The zero-order valence-corrected chi connectivity index (χ0v) is 31.1. The van der Waals surface area contributed by atoms with Crippen molar-refractivity contribution in [2.24, 2.45) is 0 Å². The Balaban J connectivity index is 1.26. The summed E-state index contributed by atoms with van der Waals surface area (Å²) in [4.78, 5) is 22.4. The third-order valence-electron chi connectivity index (χ3n) is 9.36. The first-order chi connectivity index (χ1) is 23.6. The molecule has 0 atom stereocenters. The number of aromatic nitrogens is 4. The van der Waals surface area contributed by atoms with E-state index in [4.69, 9.17) is 40.5 Å². The lowest BCUT2D eigenvalue weighted by Crippen LogP contribution is -2.37. The van der Waals surface area contributed by atoms with Crippen LogP contribution in [0.25, 0.3) is 11.2 Å². The standard InChI is InChI=1S/C39H40Cl3N5OP/c1-26-14-6-9-17-32(26)49(33-18-10-7-15-27(33)2,34-19-11-8-16-28(34)3)23-13-5-4-12-22-46-35-36(42)44-38(43)45-37(35)47(39(46)48)25-29-20-21-30(40)31(41)24-29/h6-11,14-21,24H,4-5,12-13,22-23,25H2,1-3H3,(H2,43,44,45)/q+1. The minimum absolute atomic E-state index is 0.0142. The molecule has 0 unspecified atom stereocenters. The number of hydrogen-bond donors (Lipinski definition) is 1. The maximum Gasteiger partial charge on any atom is 0.330 e. The second-order valence-electron chi connectivity index (χ2n) is 12.6. The second-order valence-corrected chi connectivity index (χ2v) is 17.3. The molecular weight excluding hydrogens is 692 g/mol. The summed E-state index contributed by atoms with van der Waals surface area (Å²) in [6, 6.07) is 32.1. The van der Waals surface area contributed by atoms with E-state index in [1.54, 1.807) is 21.3 Å². The van der Waals surface area contributed by atoms with Gasteiger partial charge in [0.1, 0.15) is 28.7 Å². The number of aryl methyl sites for hydroxylation is 4. The number of imidazole rings is 1. The molecule has 2 N–H and O–H groups in total. The van der Waals surface area contributed by atoms with Gasteiger partial charge in [-0.1, -0.05) is 102 Å². The number of nitrogen functional groups attached to an aromatic ring is 1. The average Bonchev–Trinajstić information content (AvgIpc) is 3.33.